The van der Waals surface area contributed by atoms with Crippen molar-refractivity contribution < 1.29 is 9.90 Å². The van der Waals surface area contributed by atoms with Gasteiger partial charge < -0.3 is 5.11 Å². The Labute approximate surface area is 137 Å². The maximum Gasteiger partial charge on any atom is 0.303 e. The third-order valence-corrected chi connectivity index (χ3v) is 3.49. The number of rotatable bonds is 14. The number of carboxylic acids is 1. The Hall–Kier alpha value is 0.288. The predicted octanol–water partition coefficient (Wildman–Crippen LogP) is 5.17. The number of carbonyl (C=O) groups is 1. The smallest absolute Gasteiger partial charge is 0.303 e. The van der Waals surface area contributed by atoms with E-state index in [1.165, 1.54) is 70.6 Å². The number of hydrogen-bond acceptors (Lipinski definition) is 1. The Morgan fingerprint density at radius 3 is 1.32 bits per heavy atom. The molecule has 2 nitrogen and oxygen atoms in total. The van der Waals surface area contributed by atoms with Crippen molar-refractivity contribution in [2.45, 2.75) is 96.8 Å². The molecule has 0 atom stereocenters. The molecule has 0 saturated carbocycles. The van der Waals surface area contributed by atoms with Gasteiger partial charge in [-0.05, 0) is 6.42 Å². The third-order valence-electron chi connectivity index (χ3n) is 3.49. The van der Waals surface area contributed by atoms with Crippen molar-refractivity contribution in [1.82, 2.24) is 0 Å². The molecule has 0 bridgehead atoms. The van der Waals surface area contributed by atoms with Crippen LogP contribution >= 0.6 is 0 Å². The third kappa shape index (κ3) is 20.8. The predicted molar refractivity (Wildman–Crippen MR) is 83.7 cm³/mol. The molecule has 0 rings (SSSR count). The molecule has 0 aliphatic carbocycles. The molecule has 0 saturated heterocycles. The molecule has 0 aliphatic heterocycles. The van der Waals surface area contributed by atoms with Crippen molar-refractivity contribution >= 4 is 30.4 Å². The van der Waals surface area contributed by atoms with Crippen LogP contribution in [0.3, 0.4) is 0 Å². The molecule has 3 radical (unpaired) electrons. The van der Waals surface area contributed by atoms with Gasteiger partial charge in [-0.3, -0.25) is 4.79 Å². The minimum Gasteiger partial charge on any atom is -0.481 e. The van der Waals surface area contributed by atoms with Gasteiger partial charge in [-0.15, -0.1) is 0 Å². The second-order valence-electron chi connectivity index (χ2n) is 5.39. The van der Waals surface area contributed by atoms with Crippen molar-refractivity contribution in [3.8, 4) is 0 Å². The molecule has 0 unspecified atom stereocenters. The first kappa shape index (κ1) is 21.6. The van der Waals surface area contributed by atoms with Crippen LogP contribution in [-0.2, 0) is 4.79 Å². The van der Waals surface area contributed by atoms with Gasteiger partial charge in [-0.2, -0.15) is 0 Å². The molecule has 19 heavy (non-hydrogen) atoms. The standard InChI is InChI=1S/C16H32O2.Sb/c1-2-3-4-5-6-7-8-9-10-11-12-13-14-15-16(17)18;/h2-15H2,1H3,(H,17,18);. The normalized spacial score (nSPS) is 10.2. The van der Waals surface area contributed by atoms with Crippen LogP contribution in [0.2, 0.25) is 0 Å². The van der Waals surface area contributed by atoms with Crippen molar-refractivity contribution in [3.05, 3.63) is 0 Å². The van der Waals surface area contributed by atoms with Gasteiger partial charge in [-0.25, -0.2) is 0 Å². The molecule has 0 fully saturated rings. The number of carboxylic acid groups (broad SMARTS) is 1. The van der Waals surface area contributed by atoms with Crippen LogP contribution < -0.4 is 0 Å². The molecule has 3 heteroatoms. The fraction of sp³-hybridized carbons (Fsp3) is 0.938. The van der Waals surface area contributed by atoms with Crippen LogP contribution in [0.1, 0.15) is 96.8 Å². The summed E-state index contributed by atoms with van der Waals surface area (Å²) in [5, 5.41) is 8.49. The van der Waals surface area contributed by atoms with Crippen molar-refractivity contribution in [2.75, 3.05) is 0 Å². The van der Waals surface area contributed by atoms with Crippen molar-refractivity contribution in [2.24, 2.45) is 0 Å². The van der Waals surface area contributed by atoms with Gasteiger partial charge in [0, 0.05) is 30.8 Å². The monoisotopic (exact) mass is 377 g/mol. The van der Waals surface area contributed by atoms with Crippen LogP contribution in [0.25, 0.3) is 0 Å². The summed E-state index contributed by atoms with van der Waals surface area (Å²) in [5.41, 5.74) is 0. The number of aliphatic carboxylic acids is 1. The molecule has 0 aromatic heterocycles. The van der Waals surface area contributed by atoms with Gasteiger partial charge in [0.15, 0.2) is 0 Å². The zero-order valence-corrected chi connectivity index (χ0v) is 15.3. The Bertz CT molecular complexity index is 184. The summed E-state index contributed by atoms with van der Waals surface area (Å²) >= 11 is 0. The van der Waals surface area contributed by atoms with Crippen LogP contribution in [0.15, 0.2) is 0 Å². The topological polar surface area (TPSA) is 37.3 Å². The van der Waals surface area contributed by atoms with Gasteiger partial charge in [0.25, 0.3) is 0 Å². The van der Waals surface area contributed by atoms with Crippen LogP contribution in [0.5, 0.6) is 0 Å². The molecule has 113 valence electrons. The van der Waals surface area contributed by atoms with Crippen molar-refractivity contribution in [3.63, 3.8) is 0 Å². The number of unbranched alkanes of at least 4 members (excludes halogenated alkanes) is 12. The molecule has 0 aromatic carbocycles. The zero-order valence-electron chi connectivity index (χ0n) is 12.7. The molecular formula is C16H32O2Sb. The van der Waals surface area contributed by atoms with E-state index in [9.17, 15) is 4.79 Å². The van der Waals surface area contributed by atoms with Crippen LogP contribution in [-0.4, -0.2) is 35.5 Å². The maximum atomic E-state index is 10.3. The first-order valence-electron chi connectivity index (χ1n) is 7.99. The van der Waals surface area contributed by atoms with Gasteiger partial charge in [0.1, 0.15) is 0 Å². The summed E-state index contributed by atoms with van der Waals surface area (Å²) in [5.74, 6) is -0.655. The first-order chi connectivity index (χ1) is 8.77. The minimum absolute atomic E-state index is 0. The molecule has 1 N–H and O–H groups in total. The summed E-state index contributed by atoms with van der Waals surface area (Å²) in [6, 6.07) is 0. The van der Waals surface area contributed by atoms with Crippen LogP contribution in [0, 0.1) is 0 Å². The van der Waals surface area contributed by atoms with Gasteiger partial charge in [-0.1, -0.05) is 84.0 Å². The molecule has 0 aliphatic rings. The molecule has 0 aromatic rings. The Morgan fingerprint density at radius 2 is 1.00 bits per heavy atom. The van der Waals surface area contributed by atoms with E-state index in [2.05, 4.69) is 6.92 Å². The molecule has 0 spiro atoms. The second-order valence-corrected chi connectivity index (χ2v) is 5.39. The van der Waals surface area contributed by atoms with E-state index < -0.39 is 5.97 Å². The van der Waals surface area contributed by atoms with E-state index in [4.69, 9.17) is 5.11 Å². The van der Waals surface area contributed by atoms with E-state index in [-0.39, 0.29) is 24.4 Å². The van der Waals surface area contributed by atoms with E-state index in [0.717, 1.165) is 12.8 Å². The average Bonchev–Trinajstić information content (AvgIpc) is 2.34. The average molecular weight is 378 g/mol. The summed E-state index contributed by atoms with van der Waals surface area (Å²) in [7, 11) is 0. The van der Waals surface area contributed by atoms with Gasteiger partial charge >= 0.3 is 5.97 Å². The second kappa shape index (κ2) is 18.3. The summed E-state index contributed by atoms with van der Waals surface area (Å²) in [6.45, 7) is 2.26. The van der Waals surface area contributed by atoms with E-state index in [0.29, 0.717) is 6.42 Å². The Morgan fingerprint density at radius 1 is 0.684 bits per heavy atom. The molecule has 0 amide bonds. The molecule has 0 heterocycles. The molecular weight excluding hydrogens is 346 g/mol. The SMILES string of the molecule is CCCCCCCCCCCCCCCC(=O)O.[Sb]. The van der Waals surface area contributed by atoms with E-state index >= 15 is 0 Å². The van der Waals surface area contributed by atoms with Crippen molar-refractivity contribution in [1.29, 1.82) is 0 Å². The van der Waals surface area contributed by atoms with E-state index in [1.54, 1.807) is 0 Å². The summed E-state index contributed by atoms with van der Waals surface area (Å²) in [6.07, 6.45) is 17.3. The Kier molecular flexibility index (Phi) is 20.8. The number of hydrogen-bond donors (Lipinski definition) is 1. The quantitative estimate of drug-likeness (QED) is 0.334. The van der Waals surface area contributed by atoms with Crippen LogP contribution in [0.4, 0.5) is 0 Å². The fourth-order valence-electron chi connectivity index (χ4n) is 2.29. The summed E-state index contributed by atoms with van der Waals surface area (Å²) in [4.78, 5) is 10.3. The largest absolute Gasteiger partial charge is 0.481 e. The fourth-order valence-corrected chi connectivity index (χ4v) is 2.29. The van der Waals surface area contributed by atoms with Gasteiger partial charge in [0.2, 0.25) is 0 Å². The minimum atomic E-state index is -0.655. The maximum absolute atomic E-state index is 10.3. The van der Waals surface area contributed by atoms with Gasteiger partial charge in [0.05, 0.1) is 0 Å². The Balaban J connectivity index is 0. The zero-order chi connectivity index (χ0) is 13.5. The summed E-state index contributed by atoms with van der Waals surface area (Å²) < 4.78 is 0. The van der Waals surface area contributed by atoms with E-state index in [1.807, 2.05) is 0 Å². The first-order valence-corrected chi connectivity index (χ1v) is 7.99.